The van der Waals surface area contributed by atoms with Gasteiger partial charge in [-0.25, -0.2) is 15.0 Å². The summed E-state index contributed by atoms with van der Waals surface area (Å²) >= 11 is 6.37. The van der Waals surface area contributed by atoms with Crippen molar-refractivity contribution in [2.45, 2.75) is 44.2 Å². The van der Waals surface area contributed by atoms with Gasteiger partial charge >= 0.3 is 0 Å². The number of rotatable bonds is 7. The van der Waals surface area contributed by atoms with Crippen molar-refractivity contribution in [3.05, 3.63) is 29.4 Å². The second-order valence-corrected chi connectivity index (χ2v) is 9.28. The first-order valence-electron chi connectivity index (χ1n) is 11.5. The van der Waals surface area contributed by atoms with Crippen LogP contribution in [0.15, 0.2) is 18.5 Å². The van der Waals surface area contributed by atoms with Crippen LogP contribution in [0.4, 0.5) is 16.0 Å². The molecule has 0 saturated carbocycles. The number of pyridine rings is 1. The van der Waals surface area contributed by atoms with Gasteiger partial charge in [0.1, 0.15) is 5.82 Å². The number of ether oxygens (including phenoxy) is 2. The van der Waals surface area contributed by atoms with Gasteiger partial charge in [-0.15, -0.1) is 0 Å². The van der Waals surface area contributed by atoms with Crippen molar-refractivity contribution < 1.29 is 18.7 Å². The van der Waals surface area contributed by atoms with Crippen LogP contribution in [0.5, 0.6) is 0 Å². The first kappa shape index (κ1) is 24.7. The number of halogens is 2. The lowest BCUT2D eigenvalue weighted by Gasteiger charge is -2.36. The van der Waals surface area contributed by atoms with Gasteiger partial charge in [0.25, 0.3) is 5.95 Å². The lowest BCUT2D eigenvalue weighted by molar-refractivity contribution is -0.120. The maximum absolute atomic E-state index is 14.4. The molecule has 9 nitrogen and oxygen atoms in total. The lowest BCUT2D eigenvalue weighted by atomic mass is 9.94. The fraction of sp³-hybridized carbons (Fsp3) is 0.565. The average Bonchev–Trinajstić information content (AvgIpc) is 2.86. The van der Waals surface area contributed by atoms with Crippen molar-refractivity contribution in [3.63, 3.8) is 0 Å². The molecule has 2 unspecified atom stereocenters. The maximum Gasteiger partial charge on any atom is 0.255 e. The quantitative estimate of drug-likeness (QED) is 0.540. The second-order valence-electron chi connectivity index (χ2n) is 8.87. The summed E-state index contributed by atoms with van der Waals surface area (Å²) in [6.07, 6.45) is 5.89. The van der Waals surface area contributed by atoms with Gasteiger partial charge in [-0.2, -0.15) is 4.39 Å². The van der Waals surface area contributed by atoms with Gasteiger partial charge in [0.15, 0.2) is 5.82 Å². The van der Waals surface area contributed by atoms with E-state index in [1.807, 2.05) is 0 Å². The minimum atomic E-state index is -0.722. The summed E-state index contributed by atoms with van der Waals surface area (Å²) in [5, 5.41) is 9.52. The standard InChI is InChI=1S/C23H30ClFN6O3/c1-14-3-4-15(10-26-14)22(32)31-19-9-16(17(24)11-27-19)18-12-28-20(25)21(30-18)29-13-23(33-2)5-7-34-8-6-23/h9,11-12,14-15,26H,3-8,10,13H2,1-2H3,(H,29,30)(H,27,31,32). The summed E-state index contributed by atoms with van der Waals surface area (Å²) in [5.41, 5.74) is 0.392. The molecule has 2 atom stereocenters. The Morgan fingerprint density at radius 2 is 2.12 bits per heavy atom. The number of methoxy groups -OCH3 is 1. The molecule has 0 aromatic carbocycles. The van der Waals surface area contributed by atoms with Crippen molar-refractivity contribution in [3.8, 4) is 11.3 Å². The normalized spacial score (nSPS) is 22.2. The zero-order valence-corrected chi connectivity index (χ0v) is 20.1. The Morgan fingerprint density at radius 1 is 1.32 bits per heavy atom. The van der Waals surface area contributed by atoms with Crippen LogP contribution in [-0.4, -0.2) is 65.9 Å². The number of nitrogens with zero attached hydrogens (tertiary/aromatic N) is 3. The molecule has 2 aliphatic rings. The predicted molar refractivity (Wildman–Crippen MR) is 127 cm³/mol. The van der Waals surface area contributed by atoms with E-state index in [1.54, 1.807) is 13.2 Å². The fourth-order valence-corrected chi connectivity index (χ4v) is 4.41. The number of carbonyl (C=O) groups excluding carboxylic acids is 1. The molecule has 2 saturated heterocycles. The molecular weight excluding hydrogens is 463 g/mol. The highest BCUT2D eigenvalue weighted by Gasteiger charge is 2.33. The van der Waals surface area contributed by atoms with Crippen molar-refractivity contribution in [1.82, 2.24) is 20.3 Å². The molecule has 0 radical (unpaired) electrons. The molecule has 4 rings (SSSR count). The largest absolute Gasteiger partial charge is 0.381 e. The van der Waals surface area contributed by atoms with Gasteiger partial charge in [-0.3, -0.25) is 4.79 Å². The number of amides is 1. The SMILES string of the molecule is COC1(CNc2nc(-c3cc(NC(=O)C4CCC(C)NC4)ncc3Cl)cnc2F)CCOCC1. The highest BCUT2D eigenvalue weighted by atomic mass is 35.5. The summed E-state index contributed by atoms with van der Waals surface area (Å²) in [4.78, 5) is 25.1. The molecule has 4 heterocycles. The van der Waals surface area contributed by atoms with Gasteiger partial charge in [0.2, 0.25) is 5.91 Å². The minimum Gasteiger partial charge on any atom is -0.381 e. The van der Waals surface area contributed by atoms with Crippen LogP contribution in [-0.2, 0) is 14.3 Å². The van der Waals surface area contributed by atoms with E-state index in [1.165, 1.54) is 12.4 Å². The van der Waals surface area contributed by atoms with E-state index in [9.17, 15) is 9.18 Å². The molecular formula is C23H30ClFN6O3. The molecule has 1 amide bonds. The summed E-state index contributed by atoms with van der Waals surface area (Å²) in [5.74, 6) is -0.601. The summed E-state index contributed by atoms with van der Waals surface area (Å²) in [6.45, 7) is 4.26. The van der Waals surface area contributed by atoms with Gasteiger partial charge < -0.3 is 25.4 Å². The Morgan fingerprint density at radius 3 is 2.82 bits per heavy atom. The molecule has 2 fully saturated rings. The summed E-state index contributed by atoms with van der Waals surface area (Å²) < 4.78 is 25.5. The predicted octanol–water partition coefficient (Wildman–Crippen LogP) is 3.27. The number of piperidine rings is 1. The van der Waals surface area contributed by atoms with E-state index in [4.69, 9.17) is 21.1 Å². The molecule has 184 valence electrons. The van der Waals surface area contributed by atoms with Gasteiger partial charge in [0, 0.05) is 64.1 Å². The van der Waals surface area contributed by atoms with Crippen LogP contribution < -0.4 is 16.0 Å². The first-order chi connectivity index (χ1) is 16.4. The third kappa shape index (κ3) is 5.80. The average molecular weight is 493 g/mol. The molecule has 11 heteroatoms. The van der Waals surface area contributed by atoms with E-state index >= 15 is 0 Å². The van der Waals surface area contributed by atoms with Crippen molar-refractivity contribution in [1.29, 1.82) is 0 Å². The first-order valence-corrected chi connectivity index (χ1v) is 11.9. The minimum absolute atomic E-state index is 0.00119. The van der Waals surface area contributed by atoms with E-state index < -0.39 is 11.5 Å². The monoisotopic (exact) mass is 492 g/mol. The van der Waals surface area contributed by atoms with Crippen LogP contribution in [0, 0.1) is 11.9 Å². The molecule has 2 aliphatic heterocycles. The zero-order valence-electron chi connectivity index (χ0n) is 19.4. The molecule has 2 aromatic heterocycles. The molecule has 0 aliphatic carbocycles. The number of anilines is 2. The van der Waals surface area contributed by atoms with Crippen LogP contribution in [0.3, 0.4) is 0 Å². The Hall–Kier alpha value is -2.40. The van der Waals surface area contributed by atoms with Gasteiger partial charge in [0.05, 0.1) is 28.4 Å². The Balaban J connectivity index is 1.49. The van der Waals surface area contributed by atoms with Crippen molar-refractivity contribution >= 4 is 29.1 Å². The molecule has 2 aromatic rings. The topological polar surface area (TPSA) is 110 Å². The van der Waals surface area contributed by atoms with E-state index in [0.717, 1.165) is 12.8 Å². The molecule has 3 N–H and O–H groups in total. The third-order valence-electron chi connectivity index (χ3n) is 6.56. The molecule has 0 spiro atoms. The smallest absolute Gasteiger partial charge is 0.255 e. The Labute approximate surface area is 203 Å². The van der Waals surface area contributed by atoms with E-state index in [-0.39, 0.29) is 17.6 Å². The second kappa shape index (κ2) is 10.9. The number of hydrogen-bond acceptors (Lipinski definition) is 8. The number of carbonyl (C=O) groups is 1. The van der Waals surface area contributed by atoms with Crippen molar-refractivity contribution in [2.75, 3.05) is 44.0 Å². The number of nitrogens with one attached hydrogen (secondary N) is 3. The summed E-state index contributed by atoms with van der Waals surface area (Å²) in [7, 11) is 1.64. The third-order valence-corrected chi connectivity index (χ3v) is 6.86. The van der Waals surface area contributed by atoms with Crippen LogP contribution >= 0.6 is 11.6 Å². The Kier molecular flexibility index (Phi) is 7.92. The molecule has 0 bridgehead atoms. The van der Waals surface area contributed by atoms with E-state index in [2.05, 4.69) is 37.8 Å². The maximum atomic E-state index is 14.4. The van der Waals surface area contributed by atoms with Gasteiger partial charge in [-0.05, 0) is 25.8 Å². The Bertz CT molecular complexity index is 1010. The number of aromatic nitrogens is 3. The fourth-order valence-electron chi connectivity index (χ4n) is 4.21. The van der Waals surface area contributed by atoms with Crippen LogP contribution in [0.25, 0.3) is 11.3 Å². The highest BCUT2D eigenvalue weighted by molar-refractivity contribution is 6.33. The van der Waals surface area contributed by atoms with Crippen LogP contribution in [0.2, 0.25) is 5.02 Å². The van der Waals surface area contributed by atoms with Crippen LogP contribution in [0.1, 0.15) is 32.6 Å². The number of hydrogen-bond donors (Lipinski definition) is 3. The summed E-state index contributed by atoms with van der Waals surface area (Å²) in [6, 6.07) is 2.04. The lowest BCUT2D eigenvalue weighted by Crippen LogP contribution is -2.44. The van der Waals surface area contributed by atoms with Crippen molar-refractivity contribution in [2.24, 2.45) is 5.92 Å². The van der Waals surface area contributed by atoms with Gasteiger partial charge in [-0.1, -0.05) is 11.6 Å². The highest BCUT2D eigenvalue weighted by Crippen LogP contribution is 2.30. The zero-order chi connectivity index (χ0) is 24.1. The van der Waals surface area contributed by atoms with E-state index in [0.29, 0.717) is 67.3 Å². The molecule has 34 heavy (non-hydrogen) atoms.